The number of piperidine rings is 1. The molecular formula is C13H19ClN2O. The van der Waals surface area contributed by atoms with Gasteiger partial charge in [0.05, 0.1) is 6.10 Å². The Morgan fingerprint density at radius 2 is 2.35 bits per heavy atom. The van der Waals surface area contributed by atoms with E-state index in [1.54, 1.807) is 0 Å². The van der Waals surface area contributed by atoms with Gasteiger partial charge in [-0.15, -0.1) is 0 Å². The number of nitrogens with zero attached hydrogens (tertiary/aromatic N) is 1. The molecule has 2 N–H and O–H groups in total. The molecule has 3 nitrogen and oxygen atoms in total. The zero-order valence-corrected chi connectivity index (χ0v) is 10.9. The maximum absolute atomic E-state index is 9.74. The topological polar surface area (TPSA) is 35.5 Å². The van der Waals surface area contributed by atoms with Crippen LogP contribution in [-0.4, -0.2) is 31.3 Å². The number of halogens is 1. The van der Waals surface area contributed by atoms with Crippen molar-refractivity contribution in [2.75, 3.05) is 25.0 Å². The molecule has 1 heterocycles. The average molecular weight is 255 g/mol. The number of β-amino-alcohol motifs (C(OH)–C–C–N with tert-alkyl or cyclic N) is 1. The Balaban J connectivity index is 2.25. The first-order chi connectivity index (χ1) is 8.20. The van der Waals surface area contributed by atoms with Crippen LogP contribution in [0.4, 0.5) is 5.69 Å². The minimum Gasteiger partial charge on any atom is -0.391 e. The van der Waals surface area contributed by atoms with Gasteiger partial charge in [-0.05, 0) is 37.6 Å². The summed E-state index contributed by atoms with van der Waals surface area (Å²) in [4.78, 5) is 2.23. The van der Waals surface area contributed by atoms with Gasteiger partial charge in [0.25, 0.3) is 0 Å². The third kappa shape index (κ3) is 3.12. The number of aliphatic hydroxyl groups is 1. The van der Waals surface area contributed by atoms with Gasteiger partial charge in [0.15, 0.2) is 0 Å². The highest BCUT2D eigenvalue weighted by molar-refractivity contribution is 6.30. The van der Waals surface area contributed by atoms with Crippen molar-refractivity contribution in [3.05, 3.63) is 28.8 Å². The lowest BCUT2D eigenvalue weighted by Gasteiger charge is -2.33. The maximum atomic E-state index is 9.74. The van der Waals surface area contributed by atoms with Gasteiger partial charge in [-0.1, -0.05) is 17.7 Å². The van der Waals surface area contributed by atoms with Crippen molar-refractivity contribution in [1.82, 2.24) is 5.32 Å². The Kier molecular flexibility index (Phi) is 4.26. The lowest BCUT2D eigenvalue weighted by Crippen LogP contribution is -2.38. The SMILES string of the molecule is CNCc1ccc(Cl)cc1N1CCCC(O)C1. The van der Waals surface area contributed by atoms with Gasteiger partial charge in [0, 0.05) is 30.3 Å². The molecule has 0 amide bonds. The zero-order chi connectivity index (χ0) is 12.3. The minimum atomic E-state index is -0.217. The summed E-state index contributed by atoms with van der Waals surface area (Å²) in [6.45, 7) is 2.52. The first-order valence-electron chi connectivity index (χ1n) is 6.06. The Hall–Kier alpha value is -0.770. The molecule has 1 aliphatic heterocycles. The molecule has 0 spiro atoms. The van der Waals surface area contributed by atoms with Crippen molar-refractivity contribution in [2.24, 2.45) is 0 Å². The number of anilines is 1. The molecule has 1 aromatic carbocycles. The molecule has 94 valence electrons. The monoisotopic (exact) mass is 254 g/mol. The average Bonchev–Trinajstić information content (AvgIpc) is 2.32. The lowest BCUT2D eigenvalue weighted by atomic mass is 10.1. The van der Waals surface area contributed by atoms with Crippen LogP contribution in [0.1, 0.15) is 18.4 Å². The Labute approximate surface area is 107 Å². The highest BCUT2D eigenvalue weighted by atomic mass is 35.5. The molecule has 0 bridgehead atoms. The van der Waals surface area contributed by atoms with E-state index in [4.69, 9.17) is 11.6 Å². The summed E-state index contributed by atoms with van der Waals surface area (Å²) in [6.07, 6.45) is 1.72. The van der Waals surface area contributed by atoms with E-state index >= 15 is 0 Å². The summed E-state index contributed by atoms with van der Waals surface area (Å²) in [5, 5.41) is 13.7. The number of aliphatic hydroxyl groups excluding tert-OH is 1. The summed E-state index contributed by atoms with van der Waals surface area (Å²) in [5.74, 6) is 0. The fourth-order valence-corrected chi connectivity index (χ4v) is 2.51. The fraction of sp³-hybridized carbons (Fsp3) is 0.538. The van der Waals surface area contributed by atoms with Crippen LogP contribution in [0.15, 0.2) is 18.2 Å². The molecule has 0 aliphatic carbocycles. The van der Waals surface area contributed by atoms with Crippen LogP contribution >= 0.6 is 11.6 Å². The third-order valence-electron chi connectivity index (χ3n) is 3.15. The third-order valence-corrected chi connectivity index (χ3v) is 3.39. The molecule has 17 heavy (non-hydrogen) atoms. The number of nitrogens with one attached hydrogen (secondary N) is 1. The number of hydrogen-bond acceptors (Lipinski definition) is 3. The van der Waals surface area contributed by atoms with E-state index < -0.39 is 0 Å². The molecule has 1 aliphatic rings. The molecule has 4 heteroatoms. The molecular weight excluding hydrogens is 236 g/mol. The van der Waals surface area contributed by atoms with E-state index in [2.05, 4.69) is 16.3 Å². The van der Waals surface area contributed by atoms with Gasteiger partial charge in [0.1, 0.15) is 0 Å². The van der Waals surface area contributed by atoms with Gasteiger partial charge in [-0.3, -0.25) is 0 Å². The molecule has 0 saturated carbocycles. The Morgan fingerprint density at radius 1 is 1.53 bits per heavy atom. The Bertz CT molecular complexity index is 384. The van der Waals surface area contributed by atoms with Gasteiger partial charge < -0.3 is 15.3 Å². The molecule has 1 aromatic rings. The molecule has 1 saturated heterocycles. The van der Waals surface area contributed by atoms with Gasteiger partial charge in [0.2, 0.25) is 0 Å². The van der Waals surface area contributed by atoms with E-state index in [9.17, 15) is 5.11 Å². The predicted molar refractivity (Wildman–Crippen MR) is 71.7 cm³/mol. The Morgan fingerprint density at radius 3 is 3.06 bits per heavy atom. The summed E-state index contributed by atoms with van der Waals surface area (Å²) in [5.41, 5.74) is 2.37. The van der Waals surface area contributed by atoms with Gasteiger partial charge in [-0.2, -0.15) is 0 Å². The number of hydrogen-bond donors (Lipinski definition) is 2. The van der Waals surface area contributed by atoms with Crippen molar-refractivity contribution < 1.29 is 5.11 Å². The molecule has 1 unspecified atom stereocenters. The quantitative estimate of drug-likeness (QED) is 0.866. The molecule has 1 atom stereocenters. The second kappa shape index (κ2) is 5.71. The van der Waals surface area contributed by atoms with Crippen LogP contribution in [0.2, 0.25) is 5.02 Å². The van der Waals surface area contributed by atoms with Gasteiger partial charge >= 0.3 is 0 Å². The normalized spacial score (nSPS) is 20.6. The van der Waals surface area contributed by atoms with E-state index in [0.29, 0.717) is 6.54 Å². The predicted octanol–water partition coefficient (Wildman–Crippen LogP) is 2.02. The van der Waals surface area contributed by atoms with E-state index in [-0.39, 0.29) is 6.10 Å². The summed E-state index contributed by atoms with van der Waals surface area (Å²) >= 11 is 6.06. The standard InChI is InChI=1S/C13H19ClN2O/c1-15-8-10-4-5-11(14)7-13(10)16-6-2-3-12(17)9-16/h4-5,7,12,15,17H,2-3,6,8-9H2,1H3. The molecule has 0 aromatic heterocycles. The van der Waals surface area contributed by atoms with Crippen LogP contribution in [-0.2, 0) is 6.54 Å². The summed E-state index contributed by atoms with van der Waals surface area (Å²) in [6, 6.07) is 5.96. The van der Waals surface area contributed by atoms with Crippen LogP contribution in [0.25, 0.3) is 0 Å². The summed E-state index contributed by atoms with van der Waals surface area (Å²) in [7, 11) is 1.93. The van der Waals surface area contributed by atoms with Crippen molar-refractivity contribution in [1.29, 1.82) is 0 Å². The first-order valence-corrected chi connectivity index (χ1v) is 6.44. The largest absolute Gasteiger partial charge is 0.391 e. The van der Waals surface area contributed by atoms with Crippen molar-refractivity contribution in [3.8, 4) is 0 Å². The second-order valence-corrected chi connectivity index (χ2v) is 4.98. The highest BCUT2D eigenvalue weighted by Crippen LogP contribution is 2.27. The van der Waals surface area contributed by atoms with E-state index in [1.165, 1.54) is 5.56 Å². The second-order valence-electron chi connectivity index (χ2n) is 4.55. The minimum absolute atomic E-state index is 0.217. The smallest absolute Gasteiger partial charge is 0.0715 e. The van der Waals surface area contributed by atoms with E-state index in [0.717, 1.165) is 36.6 Å². The fourth-order valence-electron chi connectivity index (χ4n) is 2.34. The summed E-state index contributed by atoms with van der Waals surface area (Å²) < 4.78 is 0. The van der Waals surface area contributed by atoms with Crippen LogP contribution in [0, 0.1) is 0 Å². The maximum Gasteiger partial charge on any atom is 0.0715 e. The van der Waals surface area contributed by atoms with E-state index in [1.807, 2.05) is 19.2 Å². The van der Waals surface area contributed by atoms with Crippen molar-refractivity contribution in [3.63, 3.8) is 0 Å². The van der Waals surface area contributed by atoms with Crippen molar-refractivity contribution >= 4 is 17.3 Å². The molecule has 1 fully saturated rings. The molecule has 2 rings (SSSR count). The van der Waals surface area contributed by atoms with Crippen LogP contribution in [0.3, 0.4) is 0 Å². The van der Waals surface area contributed by atoms with Gasteiger partial charge in [-0.25, -0.2) is 0 Å². The molecule has 0 radical (unpaired) electrons. The number of benzene rings is 1. The number of rotatable bonds is 3. The first kappa shape index (κ1) is 12.7. The lowest BCUT2D eigenvalue weighted by molar-refractivity contribution is 0.154. The van der Waals surface area contributed by atoms with Crippen LogP contribution < -0.4 is 10.2 Å². The van der Waals surface area contributed by atoms with Crippen LogP contribution in [0.5, 0.6) is 0 Å². The highest BCUT2D eigenvalue weighted by Gasteiger charge is 2.19. The zero-order valence-electron chi connectivity index (χ0n) is 10.1. The van der Waals surface area contributed by atoms with Crippen molar-refractivity contribution in [2.45, 2.75) is 25.5 Å².